The fourth-order valence-electron chi connectivity index (χ4n) is 6.39. The molecule has 234 valence electrons. The van der Waals surface area contributed by atoms with Crippen LogP contribution < -0.4 is 10.1 Å². The quantitative estimate of drug-likeness (QED) is 0.413. The van der Waals surface area contributed by atoms with Gasteiger partial charge in [-0.2, -0.15) is 8.78 Å². The molecule has 3 aliphatic rings. The fraction of sp³-hybridized carbons (Fsp3) is 0.645. The molecule has 0 unspecified atom stereocenters. The Hall–Kier alpha value is -3.08. The number of rotatable bonds is 1. The Labute approximate surface area is 255 Å². The molecule has 12 heteroatoms. The van der Waals surface area contributed by atoms with E-state index in [1.54, 1.807) is 13.0 Å². The monoisotopic (exact) mass is 620 g/mol. The Balaban J connectivity index is 1.58. The third-order valence-corrected chi connectivity index (χ3v) is 9.28. The average molecular weight is 621 g/mol. The predicted molar refractivity (Wildman–Crippen MR) is 156 cm³/mol. The zero-order valence-corrected chi connectivity index (χ0v) is 26.1. The molecule has 1 saturated carbocycles. The molecule has 1 aromatic carbocycles. The van der Waals surface area contributed by atoms with E-state index in [2.05, 4.69) is 15.3 Å². The minimum absolute atomic E-state index is 0.0286. The first kappa shape index (κ1) is 31.3. The summed E-state index contributed by atoms with van der Waals surface area (Å²) in [6.07, 6.45) is -0.107. The summed E-state index contributed by atoms with van der Waals surface area (Å²) in [5, 5.41) is 3.13. The number of halogens is 3. The molecule has 3 heterocycles. The molecule has 2 fully saturated rings. The molecular weight excluding hydrogens is 582 g/mol. The van der Waals surface area contributed by atoms with E-state index in [-0.39, 0.29) is 41.6 Å². The number of nitrogens with one attached hydrogen (secondary N) is 1. The maximum Gasteiger partial charge on any atom is 0.408 e. The second kappa shape index (κ2) is 11.1. The summed E-state index contributed by atoms with van der Waals surface area (Å²) in [4.78, 5) is 50.1. The number of carbonyl (C=O) groups excluding carboxylic acids is 3. The number of alkyl carbamates (subject to hydrolysis) is 1. The van der Waals surface area contributed by atoms with Crippen LogP contribution >= 0.6 is 11.6 Å². The van der Waals surface area contributed by atoms with E-state index in [4.69, 9.17) is 21.1 Å². The van der Waals surface area contributed by atoms with Crippen molar-refractivity contribution in [2.24, 2.45) is 17.3 Å². The summed E-state index contributed by atoms with van der Waals surface area (Å²) < 4.78 is 43.6. The molecular formula is C31H39ClF2N4O5. The normalized spacial score (nSPS) is 31.6. The summed E-state index contributed by atoms with van der Waals surface area (Å²) in [5.41, 5.74) is -1.51. The second-order valence-corrected chi connectivity index (χ2v) is 14.0. The minimum atomic E-state index is -3.36. The summed E-state index contributed by atoms with van der Waals surface area (Å²) in [5.74, 6) is -5.02. The van der Waals surface area contributed by atoms with Crippen molar-refractivity contribution >= 4 is 40.4 Å². The van der Waals surface area contributed by atoms with Crippen LogP contribution in [0, 0.1) is 17.3 Å². The van der Waals surface area contributed by atoms with Crippen LogP contribution in [0.3, 0.4) is 0 Å². The van der Waals surface area contributed by atoms with Crippen LogP contribution in [0.2, 0.25) is 5.02 Å². The number of amides is 2. The summed E-state index contributed by atoms with van der Waals surface area (Å²) in [6, 6.07) is 2.69. The topological polar surface area (TPSA) is 111 Å². The Bertz CT molecular complexity index is 1450. The van der Waals surface area contributed by atoms with Crippen LogP contribution in [0.4, 0.5) is 13.6 Å². The number of ether oxygens (including phenoxy) is 2. The molecule has 2 aliphatic heterocycles. The van der Waals surface area contributed by atoms with E-state index >= 15 is 8.78 Å². The molecule has 0 radical (unpaired) electrons. The maximum absolute atomic E-state index is 15.9. The van der Waals surface area contributed by atoms with Crippen molar-refractivity contribution < 1.29 is 32.6 Å². The van der Waals surface area contributed by atoms with Crippen molar-refractivity contribution in [2.45, 2.75) is 103 Å². The summed E-state index contributed by atoms with van der Waals surface area (Å²) in [6.45, 7) is 10.3. The zero-order chi connectivity index (χ0) is 31.5. The third-order valence-electron chi connectivity index (χ3n) is 9.05. The standard InChI is InChI=1S/C31H39ClF2N4O5/c1-16-22-15-38(23(16)17(2)39)27(40)25(29(3,4)5)37-28(41)43-30(6)14-18(30)9-7-8-12-31(33,34)24-26(42-22)36-21-13-19(32)10-11-20(21)35-24/h10-11,13,16,18,22-23,25H,7-9,12,14-15H2,1-6H3,(H,37,41)/t16-,18-,22+,23+,25-,30-/m1/s1. The van der Waals surface area contributed by atoms with Gasteiger partial charge >= 0.3 is 6.09 Å². The number of carbonyl (C=O) groups is 3. The molecule has 1 saturated heterocycles. The van der Waals surface area contributed by atoms with Gasteiger partial charge in [-0.3, -0.25) is 9.59 Å². The molecule has 6 atom stereocenters. The first-order valence-corrected chi connectivity index (χ1v) is 15.2. The van der Waals surface area contributed by atoms with Gasteiger partial charge in [-0.15, -0.1) is 0 Å². The fourth-order valence-corrected chi connectivity index (χ4v) is 6.56. The maximum atomic E-state index is 15.9. The van der Waals surface area contributed by atoms with Crippen molar-refractivity contribution in [2.75, 3.05) is 6.54 Å². The molecule has 9 nitrogen and oxygen atoms in total. The lowest BCUT2D eigenvalue weighted by Crippen LogP contribution is -2.57. The van der Waals surface area contributed by atoms with E-state index in [9.17, 15) is 14.4 Å². The SMILES string of the molecule is CC(=O)[C@@H]1[C@H](C)[C@@H]2CN1C(=O)[C@H](C(C)(C)C)NC(=O)O[C@]1(C)C[C@H]1CCCCC(F)(F)c1nc3ccc(Cl)cc3nc1O2. The average Bonchev–Trinajstić information content (AvgIpc) is 3.41. The number of hydrogen-bond acceptors (Lipinski definition) is 7. The molecule has 2 aromatic rings. The molecule has 2 bridgehead atoms. The number of fused-ring (bicyclic) bond motifs is 5. The highest BCUT2D eigenvalue weighted by molar-refractivity contribution is 6.31. The highest BCUT2D eigenvalue weighted by Gasteiger charge is 2.54. The van der Waals surface area contributed by atoms with E-state index in [0.717, 1.165) is 0 Å². The zero-order valence-electron chi connectivity index (χ0n) is 25.4. The van der Waals surface area contributed by atoms with Crippen LogP contribution in [-0.4, -0.2) is 63.0 Å². The molecule has 1 aromatic heterocycles. The smallest absolute Gasteiger partial charge is 0.408 e. The lowest BCUT2D eigenvalue weighted by molar-refractivity contribution is -0.141. The van der Waals surface area contributed by atoms with Crippen LogP contribution in [0.25, 0.3) is 11.0 Å². The molecule has 0 spiro atoms. The Morgan fingerprint density at radius 1 is 1.16 bits per heavy atom. The van der Waals surface area contributed by atoms with Crippen molar-refractivity contribution in [3.05, 3.63) is 28.9 Å². The first-order valence-electron chi connectivity index (χ1n) is 14.8. The van der Waals surface area contributed by atoms with Crippen molar-refractivity contribution in [1.29, 1.82) is 0 Å². The van der Waals surface area contributed by atoms with Crippen molar-refractivity contribution in [3.63, 3.8) is 0 Å². The first-order chi connectivity index (χ1) is 20.0. The predicted octanol–water partition coefficient (Wildman–Crippen LogP) is 6.05. The van der Waals surface area contributed by atoms with Gasteiger partial charge in [-0.1, -0.05) is 45.7 Å². The molecule has 43 heavy (non-hydrogen) atoms. The van der Waals surface area contributed by atoms with Crippen molar-refractivity contribution in [3.8, 4) is 5.88 Å². The van der Waals surface area contributed by atoms with Crippen LogP contribution in [-0.2, 0) is 20.2 Å². The highest BCUT2D eigenvalue weighted by Crippen LogP contribution is 2.50. The number of aromatic nitrogens is 2. The van der Waals surface area contributed by atoms with Gasteiger partial charge < -0.3 is 19.7 Å². The second-order valence-electron chi connectivity index (χ2n) is 13.6. The minimum Gasteiger partial charge on any atom is -0.471 e. The van der Waals surface area contributed by atoms with Gasteiger partial charge in [0, 0.05) is 23.3 Å². The van der Waals surface area contributed by atoms with Gasteiger partial charge in [-0.05, 0) is 56.7 Å². The number of benzene rings is 1. The Kier molecular flexibility index (Phi) is 8.11. The van der Waals surface area contributed by atoms with Crippen LogP contribution in [0.5, 0.6) is 5.88 Å². The van der Waals surface area contributed by atoms with E-state index in [1.807, 2.05) is 27.7 Å². The van der Waals surface area contributed by atoms with Gasteiger partial charge in [0.05, 0.1) is 23.6 Å². The number of hydrogen-bond donors (Lipinski definition) is 1. The van der Waals surface area contributed by atoms with E-state index < -0.39 is 65.2 Å². The van der Waals surface area contributed by atoms with Gasteiger partial charge in [0.15, 0.2) is 11.5 Å². The summed E-state index contributed by atoms with van der Waals surface area (Å²) >= 11 is 6.16. The van der Waals surface area contributed by atoms with Crippen molar-refractivity contribution in [1.82, 2.24) is 20.2 Å². The van der Waals surface area contributed by atoms with Gasteiger partial charge in [0.1, 0.15) is 17.7 Å². The van der Waals surface area contributed by atoms with E-state index in [0.29, 0.717) is 24.3 Å². The summed E-state index contributed by atoms with van der Waals surface area (Å²) in [7, 11) is 0. The third kappa shape index (κ3) is 6.28. The van der Waals surface area contributed by atoms with Gasteiger partial charge in [0.2, 0.25) is 11.8 Å². The largest absolute Gasteiger partial charge is 0.471 e. The van der Waals surface area contributed by atoms with Gasteiger partial charge in [0.25, 0.3) is 5.92 Å². The number of ketones is 1. The molecule has 2 amide bonds. The molecule has 1 N–H and O–H groups in total. The van der Waals surface area contributed by atoms with Gasteiger partial charge in [-0.25, -0.2) is 14.8 Å². The van der Waals surface area contributed by atoms with Crippen LogP contribution in [0.15, 0.2) is 18.2 Å². The Morgan fingerprint density at radius 3 is 2.56 bits per heavy atom. The number of alkyl halides is 2. The highest BCUT2D eigenvalue weighted by atomic mass is 35.5. The lowest BCUT2D eigenvalue weighted by Gasteiger charge is -2.35. The number of nitrogens with zero attached hydrogens (tertiary/aromatic N) is 3. The Morgan fingerprint density at radius 2 is 1.88 bits per heavy atom. The molecule has 1 aliphatic carbocycles. The van der Waals surface area contributed by atoms with E-state index in [1.165, 1.54) is 24.0 Å². The molecule has 5 rings (SSSR count). The van der Waals surface area contributed by atoms with Crippen LogP contribution in [0.1, 0.15) is 79.3 Å². The number of Topliss-reactive ketones (excluding diaryl/α,β-unsaturated/α-hetero) is 1. The lowest BCUT2D eigenvalue weighted by atomic mass is 9.85.